The Morgan fingerprint density at radius 3 is 2.06 bits per heavy atom. The Kier molecular flexibility index (Phi) is 6.54. The Hall–Kier alpha value is -1.32. The molecule has 0 aliphatic rings. The van der Waals surface area contributed by atoms with Crippen molar-refractivity contribution in [3.05, 3.63) is 12.2 Å². The largest absolute Gasteiger partial charge is 0.394 e. The molecule has 4 atom stereocenters. The summed E-state index contributed by atoms with van der Waals surface area (Å²) in [5.74, 6) is -1.71. The quantitative estimate of drug-likeness (QED) is 0.249. The number of ketones is 1. The summed E-state index contributed by atoms with van der Waals surface area (Å²) in [7, 11) is 0. The SMILES string of the molecule is NC(=O)C=CC(=O)[C@H](N)[C@@H](O)[C@@H](O)[C@H](O)CO. The van der Waals surface area contributed by atoms with Crippen LogP contribution < -0.4 is 11.5 Å². The lowest BCUT2D eigenvalue weighted by Gasteiger charge is -2.24. The summed E-state index contributed by atoms with van der Waals surface area (Å²) < 4.78 is 0. The van der Waals surface area contributed by atoms with Crippen LogP contribution in [-0.2, 0) is 9.59 Å². The molecule has 8 N–H and O–H groups in total. The molecule has 8 nitrogen and oxygen atoms in total. The fourth-order valence-corrected chi connectivity index (χ4v) is 0.992. The number of aliphatic hydroxyl groups is 4. The molecule has 0 spiro atoms. The van der Waals surface area contributed by atoms with Crippen molar-refractivity contribution in [2.24, 2.45) is 11.5 Å². The molecule has 0 heterocycles. The van der Waals surface area contributed by atoms with Crippen LogP contribution in [0.25, 0.3) is 0 Å². The highest BCUT2D eigenvalue weighted by molar-refractivity contribution is 6.00. The molecule has 0 bridgehead atoms. The maximum atomic E-state index is 11.3. The Morgan fingerprint density at radius 1 is 1.12 bits per heavy atom. The lowest BCUT2D eigenvalue weighted by Crippen LogP contribution is -2.52. The van der Waals surface area contributed by atoms with Crippen molar-refractivity contribution in [1.29, 1.82) is 0 Å². The maximum absolute atomic E-state index is 11.3. The lowest BCUT2D eigenvalue weighted by molar-refractivity contribution is -0.125. The van der Waals surface area contributed by atoms with E-state index >= 15 is 0 Å². The first kappa shape index (κ1) is 15.7. The first-order valence-corrected chi connectivity index (χ1v) is 4.73. The summed E-state index contributed by atoms with van der Waals surface area (Å²) in [5, 5.41) is 36.2. The third-order valence-corrected chi connectivity index (χ3v) is 2.04. The van der Waals surface area contributed by atoms with E-state index in [0.717, 1.165) is 12.2 Å². The predicted octanol–water partition coefficient (Wildman–Crippen LogP) is -4.00. The van der Waals surface area contributed by atoms with Gasteiger partial charge in [0.2, 0.25) is 5.91 Å². The van der Waals surface area contributed by atoms with Gasteiger partial charge in [0.15, 0.2) is 5.78 Å². The Morgan fingerprint density at radius 2 is 1.65 bits per heavy atom. The van der Waals surface area contributed by atoms with Crippen molar-refractivity contribution in [2.45, 2.75) is 24.4 Å². The minimum absolute atomic E-state index is 0.754. The first-order chi connectivity index (χ1) is 7.81. The number of carbonyl (C=O) groups is 2. The second kappa shape index (κ2) is 7.09. The molecule has 1 amide bonds. The van der Waals surface area contributed by atoms with E-state index in [9.17, 15) is 19.8 Å². The standard InChI is InChI=1S/C9H16N2O6/c10-6(15)2-1-4(13)7(11)9(17)8(16)5(14)3-12/h1-2,5,7-9,12,14,16-17H,3,11H2,(H2,10,15)/t5-,7+,8+,9-/m1/s1. The highest BCUT2D eigenvalue weighted by Gasteiger charge is 2.31. The van der Waals surface area contributed by atoms with Crippen molar-refractivity contribution in [3.8, 4) is 0 Å². The number of aliphatic hydroxyl groups excluding tert-OH is 4. The van der Waals surface area contributed by atoms with Gasteiger partial charge in [-0.25, -0.2) is 0 Å². The molecule has 0 saturated carbocycles. The number of primary amides is 1. The normalized spacial score (nSPS) is 18.6. The Bertz CT molecular complexity index is 306. The van der Waals surface area contributed by atoms with Crippen LogP contribution in [0.1, 0.15) is 0 Å². The van der Waals surface area contributed by atoms with Crippen LogP contribution >= 0.6 is 0 Å². The topological polar surface area (TPSA) is 167 Å². The molecule has 17 heavy (non-hydrogen) atoms. The molecule has 0 unspecified atom stereocenters. The van der Waals surface area contributed by atoms with E-state index in [1.165, 1.54) is 0 Å². The zero-order chi connectivity index (χ0) is 13.6. The Labute approximate surface area is 97.1 Å². The first-order valence-electron chi connectivity index (χ1n) is 4.73. The zero-order valence-corrected chi connectivity index (χ0v) is 8.93. The molecule has 0 fully saturated rings. The summed E-state index contributed by atoms with van der Waals surface area (Å²) in [6, 6.07) is -1.54. The van der Waals surface area contributed by atoms with Crippen LogP contribution in [0.4, 0.5) is 0 Å². The number of rotatable bonds is 7. The molecule has 0 radical (unpaired) electrons. The molecular weight excluding hydrogens is 232 g/mol. The maximum Gasteiger partial charge on any atom is 0.241 e. The van der Waals surface area contributed by atoms with Crippen LogP contribution in [0, 0.1) is 0 Å². The van der Waals surface area contributed by atoms with Crippen LogP contribution in [0.5, 0.6) is 0 Å². The van der Waals surface area contributed by atoms with Gasteiger partial charge < -0.3 is 31.9 Å². The molecule has 0 aliphatic heterocycles. The highest BCUT2D eigenvalue weighted by atomic mass is 16.4. The molecule has 0 aliphatic carbocycles. The number of hydrogen-bond donors (Lipinski definition) is 6. The molecule has 0 aromatic carbocycles. The van der Waals surface area contributed by atoms with Crippen LogP contribution in [0.2, 0.25) is 0 Å². The fourth-order valence-electron chi connectivity index (χ4n) is 0.992. The van der Waals surface area contributed by atoms with Crippen LogP contribution in [0.15, 0.2) is 12.2 Å². The summed E-state index contributed by atoms with van der Waals surface area (Å²) >= 11 is 0. The smallest absolute Gasteiger partial charge is 0.241 e. The Balaban J connectivity index is 4.53. The van der Waals surface area contributed by atoms with Crippen LogP contribution in [0.3, 0.4) is 0 Å². The van der Waals surface area contributed by atoms with Crippen molar-refractivity contribution < 1.29 is 30.0 Å². The summed E-state index contributed by atoms with van der Waals surface area (Å²) in [5.41, 5.74) is 10.0. The van der Waals surface area contributed by atoms with Crippen molar-refractivity contribution in [2.75, 3.05) is 6.61 Å². The summed E-state index contributed by atoms with van der Waals surface area (Å²) in [6.07, 6.45) is -3.66. The van der Waals surface area contributed by atoms with E-state index in [4.69, 9.17) is 21.7 Å². The molecule has 0 saturated heterocycles. The summed E-state index contributed by atoms with van der Waals surface area (Å²) in [4.78, 5) is 21.6. The number of carbonyl (C=O) groups excluding carboxylic acids is 2. The van der Waals surface area contributed by atoms with E-state index in [1.807, 2.05) is 0 Å². The van der Waals surface area contributed by atoms with Gasteiger partial charge in [-0.1, -0.05) is 0 Å². The molecular formula is C9H16N2O6. The van der Waals surface area contributed by atoms with Gasteiger partial charge in [-0.3, -0.25) is 9.59 Å². The van der Waals surface area contributed by atoms with Gasteiger partial charge in [0.25, 0.3) is 0 Å². The number of hydrogen-bond acceptors (Lipinski definition) is 7. The van der Waals surface area contributed by atoms with Crippen molar-refractivity contribution in [3.63, 3.8) is 0 Å². The average molecular weight is 248 g/mol. The van der Waals surface area contributed by atoms with Crippen molar-refractivity contribution in [1.82, 2.24) is 0 Å². The lowest BCUT2D eigenvalue weighted by atomic mass is 9.98. The van der Waals surface area contributed by atoms with Gasteiger partial charge in [0, 0.05) is 6.08 Å². The van der Waals surface area contributed by atoms with E-state index in [0.29, 0.717) is 0 Å². The third kappa shape index (κ3) is 5.02. The van der Waals surface area contributed by atoms with Gasteiger partial charge in [0.1, 0.15) is 18.3 Å². The van der Waals surface area contributed by atoms with Crippen molar-refractivity contribution >= 4 is 11.7 Å². The predicted molar refractivity (Wildman–Crippen MR) is 56.4 cm³/mol. The highest BCUT2D eigenvalue weighted by Crippen LogP contribution is 2.04. The third-order valence-electron chi connectivity index (χ3n) is 2.04. The van der Waals surface area contributed by atoms with E-state index in [-0.39, 0.29) is 0 Å². The minimum Gasteiger partial charge on any atom is -0.394 e. The van der Waals surface area contributed by atoms with E-state index in [2.05, 4.69) is 0 Å². The van der Waals surface area contributed by atoms with E-state index in [1.54, 1.807) is 0 Å². The monoisotopic (exact) mass is 248 g/mol. The molecule has 0 rings (SSSR count). The average Bonchev–Trinajstić information content (AvgIpc) is 2.31. The van der Waals surface area contributed by atoms with Gasteiger partial charge >= 0.3 is 0 Å². The van der Waals surface area contributed by atoms with Crippen LogP contribution in [-0.4, -0.2) is 63.1 Å². The number of amides is 1. The van der Waals surface area contributed by atoms with Gasteiger partial charge in [-0.15, -0.1) is 0 Å². The zero-order valence-electron chi connectivity index (χ0n) is 8.93. The summed E-state index contributed by atoms with van der Waals surface area (Å²) in [6.45, 7) is -0.795. The second-order valence-corrected chi connectivity index (χ2v) is 3.39. The number of nitrogens with two attached hydrogens (primary N) is 2. The van der Waals surface area contributed by atoms with E-state index < -0.39 is 42.7 Å². The van der Waals surface area contributed by atoms with Gasteiger partial charge in [-0.2, -0.15) is 0 Å². The van der Waals surface area contributed by atoms with Gasteiger partial charge in [0.05, 0.1) is 12.6 Å². The molecule has 0 aromatic rings. The molecule has 0 aromatic heterocycles. The molecule has 98 valence electrons. The fraction of sp³-hybridized carbons (Fsp3) is 0.556. The molecule has 8 heteroatoms. The van der Waals surface area contributed by atoms with Gasteiger partial charge in [-0.05, 0) is 6.08 Å². The second-order valence-electron chi connectivity index (χ2n) is 3.39. The minimum atomic E-state index is -1.78.